The zero-order valence-corrected chi connectivity index (χ0v) is 11.9. The molecule has 0 spiro atoms. The van der Waals surface area contributed by atoms with Crippen molar-refractivity contribution in [2.45, 2.75) is 31.1 Å². The number of nitrogens with zero attached hydrogens (tertiary/aromatic N) is 1. The summed E-state index contributed by atoms with van der Waals surface area (Å²) in [6, 6.07) is 0.377. The van der Waals surface area contributed by atoms with E-state index in [1.807, 2.05) is 6.20 Å². The molecule has 15 heavy (non-hydrogen) atoms. The third-order valence-electron chi connectivity index (χ3n) is 2.54. The second-order valence-corrected chi connectivity index (χ2v) is 7.62. The molecule has 0 aliphatic carbocycles. The highest BCUT2D eigenvalue weighted by Gasteiger charge is 2.17. The number of hydrogen-bond donors (Lipinski definition) is 1. The Morgan fingerprint density at radius 1 is 1.73 bits per heavy atom. The Morgan fingerprint density at radius 2 is 2.60 bits per heavy atom. The van der Waals surface area contributed by atoms with Crippen LogP contribution in [0.2, 0.25) is 0 Å². The van der Waals surface area contributed by atoms with Crippen molar-refractivity contribution in [1.29, 1.82) is 0 Å². The molecule has 0 radical (unpaired) electrons. The van der Waals surface area contributed by atoms with Gasteiger partial charge in [0, 0.05) is 11.8 Å². The molecule has 2 atom stereocenters. The Balaban J connectivity index is 1.79. The highest BCUT2D eigenvalue weighted by Crippen LogP contribution is 2.27. The van der Waals surface area contributed by atoms with E-state index in [4.69, 9.17) is 0 Å². The summed E-state index contributed by atoms with van der Waals surface area (Å²) in [6.45, 7) is 3.30. The largest absolute Gasteiger partial charge is 0.307 e. The van der Waals surface area contributed by atoms with Gasteiger partial charge in [-0.3, -0.25) is 0 Å². The fraction of sp³-hybridized carbons (Fsp3) is 0.700. The monoisotopic (exact) mass is 306 g/mol. The van der Waals surface area contributed by atoms with Gasteiger partial charge in [-0.25, -0.2) is 4.98 Å². The van der Waals surface area contributed by atoms with Crippen LogP contribution in [0.5, 0.6) is 0 Å². The molecule has 0 saturated carbocycles. The molecule has 2 heterocycles. The lowest BCUT2D eigenvalue weighted by molar-refractivity contribution is 0.557. The van der Waals surface area contributed by atoms with E-state index in [0.717, 1.165) is 15.6 Å². The summed E-state index contributed by atoms with van der Waals surface area (Å²) >= 11 is 7.25. The van der Waals surface area contributed by atoms with Crippen molar-refractivity contribution in [3.63, 3.8) is 0 Å². The van der Waals surface area contributed by atoms with Crippen LogP contribution in [0.25, 0.3) is 0 Å². The number of thiazole rings is 1. The molecule has 84 valence electrons. The average Bonchev–Trinajstić information content (AvgIpc) is 2.84. The number of hydrogen-bond acceptors (Lipinski definition) is 4. The molecule has 1 fully saturated rings. The van der Waals surface area contributed by atoms with E-state index in [1.54, 1.807) is 11.3 Å². The molecule has 0 aromatic carbocycles. The van der Waals surface area contributed by atoms with Crippen LogP contribution in [0.4, 0.5) is 0 Å². The summed E-state index contributed by atoms with van der Waals surface area (Å²) in [5.41, 5.74) is 0. The van der Waals surface area contributed by atoms with Gasteiger partial charge in [-0.05, 0) is 41.4 Å². The predicted molar refractivity (Wildman–Crippen MR) is 71.7 cm³/mol. The molecule has 1 aromatic rings. The molecule has 0 bridgehead atoms. The maximum Gasteiger partial charge on any atom is 0.110 e. The number of thioether (sulfide) groups is 1. The predicted octanol–water partition coefficient (Wildman–Crippen LogP) is 3.45. The van der Waals surface area contributed by atoms with Crippen LogP contribution in [0, 0.1) is 0 Å². The molecule has 5 heteroatoms. The lowest BCUT2D eigenvalue weighted by atomic mass is 10.2. The lowest BCUT2D eigenvalue weighted by Gasteiger charge is -2.14. The van der Waals surface area contributed by atoms with Gasteiger partial charge in [0.2, 0.25) is 0 Å². The highest BCUT2D eigenvalue weighted by atomic mass is 79.9. The third kappa shape index (κ3) is 3.44. The average molecular weight is 307 g/mol. The summed E-state index contributed by atoms with van der Waals surface area (Å²) < 4.78 is 1.11. The smallest absolute Gasteiger partial charge is 0.110 e. The van der Waals surface area contributed by atoms with E-state index in [2.05, 4.69) is 44.9 Å². The molecule has 1 saturated heterocycles. The SMILES string of the molecule is CC(NCC1CCCS1)c1ncc(Br)s1. The summed E-state index contributed by atoms with van der Waals surface area (Å²) in [6.07, 6.45) is 4.63. The first-order valence-electron chi connectivity index (χ1n) is 5.22. The summed E-state index contributed by atoms with van der Waals surface area (Å²) in [7, 11) is 0. The number of rotatable bonds is 4. The zero-order chi connectivity index (χ0) is 10.7. The second kappa shape index (κ2) is 5.66. The molecule has 2 nitrogen and oxygen atoms in total. The summed E-state index contributed by atoms with van der Waals surface area (Å²) in [5, 5.41) is 5.55. The molecular formula is C10H15BrN2S2. The Bertz CT molecular complexity index is 310. The van der Waals surface area contributed by atoms with Crippen molar-refractivity contribution in [2.24, 2.45) is 0 Å². The topological polar surface area (TPSA) is 24.9 Å². The van der Waals surface area contributed by atoms with Gasteiger partial charge in [0.25, 0.3) is 0 Å². The second-order valence-electron chi connectivity index (χ2n) is 3.77. The molecule has 1 aliphatic heterocycles. The fourth-order valence-electron chi connectivity index (χ4n) is 1.67. The van der Waals surface area contributed by atoms with Gasteiger partial charge in [-0.2, -0.15) is 11.8 Å². The Kier molecular flexibility index (Phi) is 4.49. The maximum absolute atomic E-state index is 4.36. The van der Waals surface area contributed by atoms with Gasteiger partial charge in [0.1, 0.15) is 5.01 Å². The summed E-state index contributed by atoms with van der Waals surface area (Å²) in [5.74, 6) is 1.34. The van der Waals surface area contributed by atoms with E-state index in [9.17, 15) is 0 Å². The molecular weight excluding hydrogens is 292 g/mol. The Morgan fingerprint density at radius 3 is 3.20 bits per heavy atom. The first-order chi connectivity index (χ1) is 7.25. The van der Waals surface area contributed by atoms with Crippen LogP contribution in [-0.2, 0) is 0 Å². The molecule has 2 unspecified atom stereocenters. The van der Waals surface area contributed by atoms with Gasteiger partial charge in [-0.15, -0.1) is 11.3 Å². The molecule has 1 aromatic heterocycles. The van der Waals surface area contributed by atoms with Crippen LogP contribution in [-0.4, -0.2) is 22.5 Å². The van der Waals surface area contributed by atoms with Crippen LogP contribution in [0.1, 0.15) is 30.8 Å². The summed E-state index contributed by atoms with van der Waals surface area (Å²) in [4.78, 5) is 4.36. The zero-order valence-electron chi connectivity index (χ0n) is 8.70. The molecule has 1 N–H and O–H groups in total. The Labute approximate surface area is 107 Å². The van der Waals surface area contributed by atoms with Crippen LogP contribution >= 0.6 is 39.0 Å². The standard InChI is InChI=1S/C10H15BrN2S2/c1-7(10-13-6-9(11)15-10)12-5-8-3-2-4-14-8/h6-8,12H,2-5H2,1H3. The van der Waals surface area contributed by atoms with E-state index < -0.39 is 0 Å². The van der Waals surface area contributed by atoms with Crippen LogP contribution in [0.3, 0.4) is 0 Å². The fourth-order valence-corrected chi connectivity index (χ4v) is 4.15. The van der Waals surface area contributed by atoms with Crippen molar-refractivity contribution >= 4 is 39.0 Å². The molecule has 2 rings (SSSR count). The van der Waals surface area contributed by atoms with E-state index in [1.165, 1.54) is 23.6 Å². The van der Waals surface area contributed by atoms with E-state index in [-0.39, 0.29) is 0 Å². The number of nitrogens with one attached hydrogen (secondary N) is 1. The quantitative estimate of drug-likeness (QED) is 0.922. The minimum absolute atomic E-state index is 0.377. The van der Waals surface area contributed by atoms with E-state index in [0.29, 0.717) is 6.04 Å². The van der Waals surface area contributed by atoms with E-state index >= 15 is 0 Å². The minimum Gasteiger partial charge on any atom is -0.307 e. The van der Waals surface area contributed by atoms with Crippen molar-refractivity contribution in [3.05, 3.63) is 15.0 Å². The van der Waals surface area contributed by atoms with Crippen molar-refractivity contribution in [1.82, 2.24) is 10.3 Å². The minimum atomic E-state index is 0.377. The molecule has 1 aliphatic rings. The normalized spacial score (nSPS) is 23.2. The van der Waals surface area contributed by atoms with Crippen molar-refractivity contribution in [2.75, 3.05) is 12.3 Å². The first-order valence-corrected chi connectivity index (χ1v) is 7.88. The first kappa shape index (κ1) is 11.9. The van der Waals surface area contributed by atoms with Gasteiger partial charge in [0.05, 0.1) is 16.0 Å². The molecule has 0 amide bonds. The highest BCUT2D eigenvalue weighted by molar-refractivity contribution is 9.11. The van der Waals surface area contributed by atoms with Crippen molar-refractivity contribution < 1.29 is 0 Å². The number of aromatic nitrogens is 1. The Hall–Kier alpha value is 0.420. The van der Waals surface area contributed by atoms with Crippen LogP contribution < -0.4 is 5.32 Å². The number of halogens is 1. The van der Waals surface area contributed by atoms with Gasteiger partial charge in [-0.1, -0.05) is 0 Å². The van der Waals surface area contributed by atoms with Gasteiger partial charge in [0.15, 0.2) is 0 Å². The lowest BCUT2D eigenvalue weighted by Crippen LogP contribution is -2.26. The third-order valence-corrected chi connectivity index (χ3v) is 5.60. The van der Waals surface area contributed by atoms with Crippen molar-refractivity contribution in [3.8, 4) is 0 Å². The van der Waals surface area contributed by atoms with Gasteiger partial charge >= 0.3 is 0 Å². The maximum atomic E-state index is 4.36. The van der Waals surface area contributed by atoms with Crippen LogP contribution in [0.15, 0.2) is 9.98 Å². The van der Waals surface area contributed by atoms with Gasteiger partial charge < -0.3 is 5.32 Å².